The lowest BCUT2D eigenvalue weighted by molar-refractivity contribution is -0.0375. The zero-order chi connectivity index (χ0) is 9.80. The lowest BCUT2D eigenvalue weighted by atomic mass is 9.82. The highest BCUT2D eigenvalue weighted by molar-refractivity contribution is 5.85. The molecule has 2 nitrogen and oxygen atoms in total. The summed E-state index contributed by atoms with van der Waals surface area (Å²) in [5.74, 6) is 0.704. The van der Waals surface area contributed by atoms with Crippen molar-refractivity contribution in [2.75, 3.05) is 6.54 Å². The fraction of sp³-hybridized carbons (Fsp3) is 0.500. The summed E-state index contributed by atoms with van der Waals surface area (Å²) in [6.45, 7) is 1.55. The van der Waals surface area contributed by atoms with E-state index in [9.17, 15) is 0 Å². The van der Waals surface area contributed by atoms with Gasteiger partial charge in [0, 0.05) is 0 Å². The Morgan fingerprint density at radius 3 is 2.47 bits per heavy atom. The molecule has 0 spiro atoms. The first-order chi connectivity index (χ1) is 6.88. The van der Waals surface area contributed by atoms with Crippen LogP contribution in [-0.4, -0.2) is 12.6 Å². The van der Waals surface area contributed by atoms with Gasteiger partial charge in [-0.25, -0.2) is 0 Å². The second-order valence-corrected chi connectivity index (χ2v) is 3.99. The Balaban J connectivity index is 0.00000112. The summed E-state index contributed by atoms with van der Waals surface area (Å²) >= 11 is 0. The highest BCUT2D eigenvalue weighted by atomic mass is 35.5. The van der Waals surface area contributed by atoms with E-state index in [1.807, 2.05) is 18.2 Å². The Morgan fingerprint density at radius 2 is 1.87 bits per heavy atom. The number of rotatable bonds is 4. The summed E-state index contributed by atoms with van der Waals surface area (Å²) < 4.78 is 5.74. The molecule has 1 aromatic carbocycles. The number of benzene rings is 1. The van der Waals surface area contributed by atoms with Crippen LogP contribution in [0.5, 0.6) is 0 Å². The molecule has 2 N–H and O–H groups in total. The van der Waals surface area contributed by atoms with Crippen molar-refractivity contribution in [3.8, 4) is 0 Å². The molecule has 1 saturated carbocycles. The number of hydrogen-bond acceptors (Lipinski definition) is 2. The molecule has 0 aromatic heterocycles. The third-order valence-electron chi connectivity index (χ3n) is 2.85. The molecular formula is C12H18ClNO. The Labute approximate surface area is 97.2 Å². The fourth-order valence-corrected chi connectivity index (χ4v) is 1.79. The van der Waals surface area contributed by atoms with E-state index in [0.29, 0.717) is 12.0 Å². The standard InChI is InChI=1S/C12H17NO.ClH/c13-8-11-6-12(7-11)14-9-10-4-2-1-3-5-10;/h1-5,11-12H,6-9,13H2;1H. The smallest absolute Gasteiger partial charge is 0.0720 e. The van der Waals surface area contributed by atoms with Gasteiger partial charge in [-0.05, 0) is 30.9 Å². The van der Waals surface area contributed by atoms with Gasteiger partial charge in [0.25, 0.3) is 0 Å². The molecule has 1 aliphatic carbocycles. The van der Waals surface area contributed by atoms with E-state index in [-0.39, 0.29) is 12.4 Å². The van der Waals surface area contributed by atoms with Gasteiger partial charge in [-0.2, -0.15) is 0 Å². The third kappa shape index (κ3) is 3.49. The van der Waals surface area contributed by atoms with E-state index < -0.39 is 0 Å². The topological polar surface area (TPSA) is 35.2 Å². The van der Waals surface area contributed by atoms with Crippen LogP contribution < -0.4 is 5.73 Å². The van der Waals surface area contributed by atoms with Crippen molar-refractivity contribution in [1.29, 1.82) is 0 Å². The number of ether oxygens (including phenoxy) is 1. The van der Waals surface area contributed by atoms with Gasteiger partial charge in [-0.1, -0.05) is 30.3 Å². The number of halogens is 1. The van der Waals surface area contributed by atoms with Gasteiger partial charge in [0.2, 0.25) is 0 Å². The van der Waals surface area contributed by atoms with E-state index in [4.69, 9.17) is 10.5 Å². The van der Waals surface area contributed by atoms with Crippen LogP contribution in [0.25, 0.3) is 0 Å². The summed E-state index contributed by atoms with van der Waals surface area (Å²) in [7, 11) is 0. The molecule has 1 fully saturated rings. The van der Waals surface area contributed by atoms with Gasteiger partial charge in [-0.3, -0.25) is 0 Å². The van der Waals surface area contributed by atoms with Crippen molar-refractivity contribution in [1.82, 2.24) is 0 Å². The van der Waals surface area contributed by atoms with E-state index in [1.165, 1.54) is 5.56 Å². The van der Waals surface area contributed by atoms with E-state index >= 15 is 0 Å². The summed E-state index contributed by atoms with van der Waals surface area (Å²) in [6.07, 6.45) is 2.73. The van der Waals surface area contributed by atoms with Gasteiger partial charge in [0.15, 0.2) is 0 Å². The first kappa shape index (κ1) is 12.5. The van der Waals surface area contributed by atoms with Crippen LogP contribution in [-0.2, 0) is 11.3 Å². The summed E-state index contributed by atoms with van der Waals surface area (Å²) in [6, 6.07) is 10.3. The lowest BCUT2D eigenvalue weighted by Crippen LogP contribution is -2.35. The lowest BCUT2D eigenvalue weighted by Gasteiger charge is -2.34. The summed E-state index contributed by atoms with van der Waals surface area (Å²) in [5, 5.41) is 0. The molecule has 2 rings (SSSR count). The third-order valence-corrected chi connectivity index (χ3v) is 2.85. The highest BCUT2D eigenvalue weighted by Gasteiger charge is 2.28. The minimum Gasteiger partial charge on any atom is -0.374 e. The average molecular weight is 228 g/mol. The Hall–Kier alpha value is -0.570. The summed E-state index contributed by atoms with van der Waals surface area (Å²) in [4.78, 5) is 0. The molecule has 0 aliphatic heterocycles. The van der Waals surface area contributed by atoms with Crippen LogP contribution in [0.15, 0.2) is 30.3 Å². The Bertz CT molecular complexity index is 272. The molecule has 0 heterocycles. The number of nitrogens with two attached hydrogens (primary N) is 1. The first-order valence-electron chi connectivity index (χ1n) is 5.24. The molecule has 0 saturated heterocycles. The maximum atomic E-state index is 5.74. The zero-order valence-electron chi connectivity index (χ0n) is 8.76. The molecule has 0 bridgehead atoms. The zero-order valence-corrected chi connectivity index (χ0v) is 9.58. The van der Waals surface area contributed by atoms with Crippen molar-refractivity contribution in [3.05, 3.63) is 35.9 Å². The van der Waals surface area contributed by atoms with Crippen LogP contribution >= 0.6 is 12.4 Å². The van der Waals surface area contributed by atoms with Crippen molar-refractivity contribution in [3.63, 3.8) is 0 Å². The van der Waals surface area contributed by atoms with Crippen LogP contribution in [0.2, 0.25) is 0 Å². The number of hydrogen-bond donors (Lipinski definition) is 1. The van der Waals surface area contributed by atoms with E-state index in [0.717, 1.165) is 26.0 Å². The minimum absolute atomic E-state index is 0. The van der Waals surface area contributed by atoms with Crippen molar-refractivity contribution in [2.24, 2.45) is 11.7 Å². The van der Waals surface area contributed by atoms with Gasteiger partial charge in [0.05, 0.1) is 12.7 Å². The highest BCUT2D eigenvalue weighted by Crippen LogP contribution is 2.29. The molecule has 15 heavy (non-hydrogen) atoms. The average Bonchev–Trinajstić information content (AvgIpc) is 2.17. The molecule has 3 heteroatoms. The Morgan fingerprint density at radius 1 is 1.20 bits per heavy atom. The largest absolute Gasteiger partial charge is 0.374 e. The van der Waals surface area contributed by atoms with Crippen molar-refractivity contribution in [2.45, 2.75) is 25.6 Å². The molecule has 84 valence electrons. The van der Waals surface area contributed by atoms with Crippen LogP contribution in [0.1, 0.15) is 18.4 Å². The molecular weight excluding hydrogens is 210 g/mol. The normalized spacial score (nSPS) is 24.1. The second-order valence-electron chi connectivity index (χ2n) is 3.99. The first-order valence-corrected chi connectivity index (χ1v) is 5.24. The SMILES string of the molecule is Cl.NCC1CC(OCc2ccccc2)C1. The van der Waals surface area contributed by atoms with Crippen molar-refractivity contribution < 1.29 is 4.74 Å². The molecule has 0 radical (unpaired) electrons. The maximum absolute atomic E-state index is 5.74. The predicted octanol–water partition coefficient (Wildman–Crippen LogP) is 2.36. The van der Waals surface area contributed by atoms with Crippen LogP contribution in [0, 0.1) is 5.92 Å². The van der Waals surface area contributed by atoms with E-state index in [1.54, 1.807) is 0 Å². The van der Waals surface area contributed by atoms with Crippen molar-refractivity contribution >= 4 is 12.4 Å². The van der Waals surface area contributed by atoms with Gasteiger partial charge >= 0.3 is 0 Å². The fourth-order valence-electron chi connectivity index (χ4n) is 1.79. The van der Waals surface area contributed by atoms with Crippen LogP contribution in [0.4, 0.5) is 0 Å². The molecule has 0 unspecified atom stereocenters. The van der Waals surface area contributed by atoms with Crippen LogP contribution in [0.3, 0.4) is 0 Å². The summed E-state index contributed by atoms with van der Waals surface area (Å²) in [5.41, 5.74) is 6.80. The maximum Gasteiger partial charge on any atom is 0.0720 e. The van der Waals surface area contributed by atoms with Gasteiger partial charge in [-0.15, -0.1) is 12.4 Å². The second kappa shape index (κ2) is 6.11. The quantitative estimate of drug-likeness (QED) is 0.857. The molecule has 1 aromatic rings. The Kier molecular flexibility index (Phi) is 5.09. The van der Waals surface area contributed by atoms with E-state index in [2.05, 4.69) is 12.1 Å². The molecule has 0 amide bonds. The van der Waals surface area contributed by atoms with Gasteiger partial charge in [0.1, 0.15) is 0 Å². The molecule has 1 aliphatic rings. The molecule has 0 atom stereocenters. The predicted molar refractivity (Wildman–Crippen MR) is 64.0 cm³/mol. The van der Waals surface area contributed by atoms with Gasteiger partial charge < -0.3 is 10.5 Å². The monoisotopic (exact) mass is 227 g/mol. The minimum atomic E-state index is 0.